The summed E-state index contributed by atoms with van der Waals surface area (Å²) >= 11 is 0. The average molecular weight is 210 g/mol. The van der Waals surface area contributed by atoms with Crippen LogP contribution in [0.4, 0.5) is 0 Å². The van der Waals surface area contributed by atoms with Crippen molar-refractivity contribution in [1.82, 2.24) is 0 Å². The minimum atomic E-state index is -0.647. The van der Waals surface area contributed by atoms with E-state index >= 15 is 0 Å². The number of aliphatic carboxylic acids is 1. The summed E-state index contributed by atoms with van der Waals surface area (Å²) in [6.07, 6.45) is 3.09. The van der Waals surface area contributed by atoms with E-state index in [1.165, 1.54) is 0 Å². The van der Waals surface area contributed by atoms with Crippen molar-refractivity contribution in [3.8, 4) is 0 Å². The first-order chi connectivity index (χ1) is 7.08. The fourth-order valence-electron chi connectivity index (χ4n) is 3.01. The van der Waals surface area contributed by atoms with Crippen molar-refractivity contribution < 1.29 is 14.6 Å². The van der Waals surface area contributed by atoms with Crippen LogP contribution in [-0.2, 0) is 9.53 Å². The Morgan fingerprint density at radius 3 is 2.73 bits per heavy atom. The Kier molecular flexibility index (Phi) is 2.83. The van der Waals surface area contributed by atoms with Gasteiger partial charge in [0.2, 0.25) is 0 Å². The molecule has 2 fully saturated rings. The smallest absolute Gasteiger partial charge is 0.306 e. The fraction of sp³-hybridized carbons (Fsp3) is 0.750. The molecule has 4 atom stereocenters. The first kappa shape index (κ1) is 10.7. The first-order valence-electron chi connectivity index (χ1n) is 5.56. The van der Waals surface area contributed by atoms with Gasteiger partial charge in [-0.15, -0.1) is 0 Å². The molecule has 0 aromatic carbocycles. The van der Waals surface area contributed by atoms with Gasteiger partial charge in [0.1, 0.15) is 0 Å². The molecule has 2 rings (SSSR count). The Balaban J connectivity index is 1.93. The van der Waals surface area contributed by atoms with Gasteiger partial charge in [0, 0.05) is 0 Å². The Bertz CT molecular complexity index is 285. The van der Waals surface area contributed by atoms with E-state index in [1.54, 1.807) is 0 Å². The van der Waals surface area contributed by atoms with Crippen LogP contribution in [0.5, 0.6) is 0 Å². The lowest BCUT2D eigenvalue weighted by Crippen LogP contribution is -2.32. The second kappa shape index (κ2) is 3.97. The summed E-state index contributed by atoms with van der Waals surface area (Å²) in [5.41, 5.74) is 1.00. The molecule has 2 saturated carbocycles. The maximum atomic E-state index is 11.0. The molecule has 1 N–H and O–H groups in total. The van der Waals surface area contributed by atoms with Gasteiger partial charge in [-0.05, 0) is 38.0 Å². The SMILES string of the molecule is C=C(C)COC1CC2CC(C(=O)O)C1C2. The van der Waals surface area contributed by atoms with Crippen LogP contribution in [0.25, 0.3) is 0 Å². The molecule has 15 heavy (non-hydrogen) atoms. The van der Waals surface area contributed by atoms with Gasteiger partial charge in [-0.25, -0.2) is 0 Å². The summed E-state index contributed by atoms with van der Waals surface area (Å²) < 4.78 is 5.72. The molecule has 84 valence electrons. The van der Waals surface area contributed by atoms with Crippen molar-refractivity contribution >= 4 is 5.97 Å². The summed E-state index contributed by atoms with van der Waals surface area (Å²) in [6.45, 7) is 6.29. The van der Waals surface area contributed by atoms with Gasteiger partial charge in [0.25, 0.3) is 0 Å². The third-order valence-electron chi connectivity index (χ3n) is 3.61. The van der Waals surface area contributed by atoms with Crippen LogP contribution in [0.15, 0.2) is 12.2 Å². The second-order valence-electron chi connectivity index (χ2n) is 4.99. The zero-order valence-corrected chi connectivity index (χ0v) is 9.11. The molecule has 0 aliphatic heterocycles. The van der Waals surface area contributed by atoms with Gasteiger partial charge in [-0.3, -0.25) is 4.79 Å². The normalized spacial score (nSPS) is 38.2. The van der Waals surface area contributed by atoms with E-state index in [1.807, 2.05) is 6.92 Å². The highest BCUT2D eigenvalue weighted by Gasteiger charge is 2.49. The van der Waals surface area contributed by atoms with E-state index in [4.69, 9.17) is 9.84 Å². The van der Waals surface area contributed by atoms with E-state index in [-0.39, 0.29) is 17.9 Å². The predicted octanol–water partition coefficient (Wildman–Crippen LogP) is 2.08. The maximum Gasteiger partial charge on any atom is 0.306 e. The molecular weight excluding hydrogens is 192 g/mol. The number of fused-ring (bicyclic) bond motifs is 2. The molecule has 3 nitrogen and oxygen atoms in total. The van der Waals surface area contributed by atoms with E-state index in [2.05, 4.69) is 6.58 Å². The molecule has 0 aromatic heterocycles. The van der Waals surface area contributed by atoms with Crippen molar-refractivity contribution in [2.75, 3.05) is 6.61 Å². The third-order valence-corrected chi connectivity index (χ3v) is 3.61. The van der Waals surface area contributed by atoms with Crippen LogP contribution in [-0.4, -0.2) is 23.8 Å². The van der Waals surface area contributed by atoms with Crippen LogP contribution < -0.4 is 0 Å². The minimum Gasteiger partial charge on any atom is -0.481 e. The Labute approximate surface area is 90.1 Å². The largest absolute Gasteiger partial charge is 0.481 e. The summed E-state index contributed by atoms with van der Waals surface area (Å²) in [4.78, 5) is 11.0. The second-order valence-corrected chi connectivity index (χ2v) is 4.99. The summed E-state index contributed by atoms with van der Waals surface area (Å²) in [6, 6.07) is 0. The number of carbonyl (C=O) groups is 1. The number of hydrogen-bond acceptors (Lipinski definition) is 2. The molecule has 0 aromatic rings. The van der Waals surface area contributed by atoms with Gasteiger partial charge >= 0.3 is 5.97 Å². The van der Waals surface area contributed by atoms with Gasteiger partial charge < -0.3 is 9.84 Å². The Morgan fingerprint density at radius 1 is 1.47 bits per heavy atom. The van der Waals surface area contributed by atoms with Crippen molar-refractivity contribution in [3.05, 3.63) is 12.2 Å². The van der Waals surface area contributed by atoms with Gasteiger partial charge in [-0.2, -0.15) is 0 Å². The zero-order valence-electron chi connectivity index (χ0n) is 9.11. The van der Waals surface area contributed by atoms with Crippen molar-refractivity contribution in [2.45, 2.75) is 32.3 Å². The molecule has 2 aliphatic carbocycles. The van der Waals surface area contributed by atoms with E-state index < -0.39 is 5.97 Å². The van der Waals surface area contributed by atoms with Crippen LogP contribution in [0, 0.1) is 17.8 Å². The quantitative estimate of drug-likeness (QED) is 0.723. The van der Waals surface area contributed by atoms with Gasteiger partial charge in [0.05, 0.1) is 18.6 Å². The molecule has 0 amide bonds. The monoisotopic (exact) mass is 210 g/mol. The minimum absolute atomic E-state index is 0.154. The topological polar surface area (TPSA) is 46.5 Å². The number of ether oxygens (including phenoxy) is 1. The summed E-state index contributed by atoms with van der Waals surface area (Å²) in [5, 5.41) is 9.06. The molecule has 0 spiro atoms. The molecule has 0 saturated heterocycles. The van der Waals surface area contributed by atoms with Crippen molar-refractivity contribution in [2.24, 2.45) is 17.8 Å². The maximum absolute atomic E-state index is 11.0. The highest BCUT2D eigenvalue weighted by molar-refractivity contribution is 5.71. The van der Waals surface area contributed by atoms with E-state index in [9.17, 15) is 4.79 Å². The molecule has 0 radical (unpaired) electrons. The first-order valence-corrected chi connectivity index (χ1v) is 5.56. The van der Waals surface area contributed by atoms with Gasteiger partial charge in [0.15, 0.2) is 0 Å². The average Bonchev–Trinajstić information content (AvgIpc) is 2.72. The van der Waals surface area contributed by atoms with Crippen LogP contribution in [0.1, 0.15) is 26.2 Å². The molecule has 2 bridgehead atoms. The standard InChI is InChI=1S/C12H18O3/c1-7(2)6-15-11-5-8-3-9(11)10(4-8)12(13)14/h8-11H,1,3-6H2,2H3,(H,13,14). The van der Waals surface area contributed by atoms with Crippen LogP contribution in [0.3, 0.4) is 0 Å². The molecule has 4 unspecified atom stereocenters. The lowest BCUT2D eigenvalue weighted by molar-refractivity contribution is -0.146. The highest BCUT2D eigenvalue weighted by atomic mass is 16.5. The van der Waals surface area contributed by atoms with E-state index in [0.717, 1.165) is 24.8 Å². The fourth-order valence-corrected chi connectivity index (χ4v) is 3.01. The van der Waals surface area contributed by atoms with Crippen molar-refractivity contribution in [3.63, 3.8) is 0 Å². The predicted molar refractivity (Wildman–Crippen MR) is 56.5 cm³/mol. The lowest BCUT2D eigenvalue weighted by atomic mass is 9.87. The number of hydrogen-bond donors (Lipinski definition) is 1. The Hall–Kier alpha value is -0.830. The summed E-state index contributed by atoms with van der Waals surface area (Å²) in [7, 11) is 0. The number of carboxylic acid groups (broad SMARTS) is 1. The summed E-state index contributed by atoms with van der Waals surface area (Å²) in [5.74, 6) is 0.00284. The third kappa shape index (κ3) is 2.07. The molecule has 0 heterocycles. The van der Waals surface area contributed by atoms with E-state index in [0.29, 0.717) is 12.5 Å². The van der Waals surface area contributed by atoms with Gasteiger partial charge in [-0.1, -0.05) is 12.2 Å². The molecular formula is C12H18O3. The lowest BCUT2D eigenvalue weighted by Gasteiger charge is -2.27. The van der Waals surface area contributed by atoms with Crippen LogP contribution >= 0.6 is 0 Å². The number of carboxylic acids is 1. The Morgan fingerprint density at radius 2 is 2.20 bits per heavy atom. The number of rotatable bonds is 4. The molecule has 3 heteroatoms. The van der Waals surface area contributed by atoms with Crippen molar-refractivity contribution in [1.29, 1.82) is 0 Å². The molecule has 2 aliphatic rings. The highest BCUT2D eigenvalue weighted by Crippen LogP contribution is 2.49. The zero-order chi connectivity index (χ0) is 11.0. The van der Waals surface area contributed by atoms with Crippen LogP contribution in [0.2, 0.25) is 0 Å².